The monoisotopic (exact) mass is 354 g/mol. The second kappa shape index (κ2) is 7.95. The maximum atomic E-state index is 12.2. The number of rotatable bonds is 8. The number of nitrogens with one attached hydrogen (secondary N) is 1. The van der Waals surface area contributed by atoms with Gasteiger partial charge in [0.2, 0.25) is 10.0 Å². The van der Waals surface area contributed by atoms with E-state index in [0.717, 1.165) is 0 Å². The molecule has 0 saturated heterocycles. The van der Waals surface area contributed by atoms with E-state index >= 15 is 0 Å². The van der Waals surface area contributed by atoms with E-state index in [1.165, 1.54) is 18.2 Å². The molecule has 0 bridgehead atoms. The number of hydrogen-bond donors (Lipinski definition) is 3. The minimum absolute atomic E-state index is 0.151. The Morgan fingerprint density at radius 1 is 1.24 bits per heavy atom. The summed E-state index contributed by atoms with van der Waals surface area (Å²) in [5.41, 5.74) is 5.33. The lowest BCUT2D eigenvalue weighted by Crippen LogP contribution is -2.40. The molecule has 9 heteroatoms. The molecule has 0 fully saturated rings. The third-order valence-corrected chi connectivity index (χ3v) is 4.58. The van der Waals surface area contributed by atoms with Crippen molar-refractivity contribution in [2.75, 3.05) is 6.54 Å². The van der Waals surface area contributed by atoms with Crippen LogP contribution in [0.4, 0.5) is 0 Å². The van der Waals surface area contributed by atoms with Gasteiger partial charge in [0.1, 0.15) is 6.04 Å². The largest absolute Gasteiger partial charge is 0.480 e. The summed E-state index contributed by atoms with van der Waals surface area (Å²) in [7, 11) is -4.02. The Labute approximate surface area is 133 Å². The zero-order valence-corrected chi connectivity index (χ0v) is 13.4. The summed E-state index contributed by atoms with van der Waals surface area (Å²) in [6.45, 7) is 0.420. The molecule has 1 aromatic carbocycles. The fraction of sp³-hybridized carbons (Fsp3) is 0.417. The van der Waals surface area contributed by atoms with Crippen molar-refractivity contribution >= 4 is 39.2 Å². The van der Waals surface area contributed by atoms with Gasteiger partial charge in [0.25, 0.3) is 0 Å². The van der Waals surface area contributed by atoms with E-state index < -0.39 is 22.0 Å². The summed E-state index contributed by atoms with van der Waals surface area (Å²) in [5.74, 6) is -1.25. The van der Waals surface area contributed by atoms with Gasteiger partial charge in [0.15, 0.2) is 0 Å². The molecule has 0 amide bonds. The van der Waals surface area contributed by atoms with Crippen molar-refractivity contribution in [1.82, 2.24) is 4.72 Å². The van der Waals surface area contributed by atoms with Crippen LogP contribution in [0.5, 0.6) is 0 Å². The molecule has 0 aliphatic carbocycles. The zero-order chi connectivity index (χ0) is 16.0. The van der Waals surface area contributed by atoms with Crippen molar-refractivity contribution in [2.24, 2.45) is 5.73 Å². The molecule has 4 N–H and O–H groups in total. The number of sulfonamides is 1. The molecule has 118 valence electrons. The number of nitrogens with two attached hydrogens (primary N) is 1. The van der Waals surface area contributed by atoms with Crippen molar-refractivity contribution in [3.63, 3.8) is 0 Å². The third-order valence-electron chi connectivity index (χ3n) is 2.69. The molecule has 0 aromatic heterocycles. The molecule has 0 saturated carbocycles. The van der Waals surface area contributed by atoms with Gasteiger partial charge < -0.3 is 10.8 Å². The highest BCUT2D eigenvalue weighted by Gasteiger charge is 2.25. The predicted molar refractivity (Wildman–Crippen MR) is 81.1 cm³/mol. The standard InChI is InChI=1S/C12H16Cl2N2O4S/c13-8-5-9(14)7-10(6-8)21(19,20)16-11(12(17)18)3-1-2-4-15/h5-7,11,16H,1-4,15H2,(H,17,18). The van der Waals surface area contributed by atoms with E-state index in [1.807, 2.05) is 0 Å². The highest BCUT2D eigenvalue weighted by atomic mass is 35.5. The van der Waals surface area contributed by atoms with Crippen LogP contribution < -0.4 is 10.5 Å². The van der Waals surface area contributed by atoms with Gasteiger partial charge in [0, 0.05) is 10.0 Å². The normalized spacial score (nSPS) is 13.1. The average Bonchev–Trinajstić information content (AvgIpc) is 2.36. The Morgan fingerprint density at radius 3 is 2.29 bits per heavy atom. The van der Waals surface area contributed by atoms with E-state index in [2.05, 4.69) is 4.72 Å². The number of benzene rings is 1. The SMILES string of the molecule is NCCCCC(NS(=O)(=O)c1cc(Cl)cc(Cl)c1)C(=O)O. The number of unbranched alkanes of at least 4 members (excludes halogenated alkanes) is 1. The molecule has 0 radical (unpaired) electrons. The Morgan fingerprint density at radius 2 is 1.81 bits per heavy atom. The predicted octanol–water partition coefficient (Wildman–Crippen LogP) is 1.85. The highest BCUT2D eigenvalue weighted by molar-refractivity contribution is 7.89. The lowest BCUT2D eigenvalue weighted by Gasteiger charge is -2.15. The maximum Gasteiger partial charge on any atom is 0.321 e. The molecular weight excluding hydrogens is 339 g/mol. The lowest BCUT2D eigenvalue weighted by atomic mass is 10.1. The Bertz CT molecular complexity index is 587. The maximum absolute atomic E-state index is 12.2. The van der Waals surface area contributed by atoms with Crippen LogP contribution in [0.15, 0.2) is 23.1 Å². The first-order valence-corrected chi connectivity index (χ1v) is 8.41. The van der Waals surface area contributed by atoms with Crippen molar-refractivity contribution in [3.8, 4) is 0 Å². The minimum atomic E-state index is -4.02. The lowest BCUT2D eigenvalue weighted by molar-refractivity contribution is -0.139. The number of carboxylic acids is 1. The van der Waals surface area contributed by atoms with E-state index in [4.69, 9.17) is 34.0 Å². The molecule has 0 aliphatic heterocycles. The molecule has 1 aromatic rings. The fourth-order valence-corrected chi connectivity index (χ4v) is 3.61. The molecular formula is C12H16Cl2N2O4S. The average molecular weight is 355 g/mol. The summed E-state index contributed by atoms with van der Waals surface area (Å²) in [6.07, 6.45) is 1.28. The van der Waals surface area contributed by atoms with Crippen LogP contribution in [0.3, 0.4) is 0 Å². The third kappa shape index (κ3) is 5.80. The van der Waals surface area contributed by atoms with Crippen LogP contribution in [0.1, 0.15) is 19.3 Å². The van der Waals surface area contributed by atoms with Crippen LogP contribution in [-0.4, -0.2) is 32.1 Å². The van der Waals surface area contributed by atoms with Gasteiger partial charge in [-0.2, -0.15) is 4.72 Å². The van der Waals surface area contributed by atoms with Gasteiger partial charge in [-0.25, -0.2) is 8.42 Å². The quantitative estimate of drug-likeness (QED) is 0.617. The van der Waals surface area contributed by atoms with E-state index in [9.17, 15) is 13.2 Å². The molecule has 1 unspecified atom stereocenters. The Kier molecular flexibility index (Phi) is 6.89. The summed E-state index contributed by atoms with van der Waals surface area (Å²) in [4.78, 5) is 11.0. The Hall–Kier alpha value is -0.860. The number of carbonyl (C=O) groups is 1. The van der Waals surface area contributed by atoms with E-state index in [1.54, 1.807) is 0 Å². The molecule has 0 spiro atoms. The van der Waals surface area contributed by atoms with Gasteiger partial charge in [-0.1, -0.05) is 29.6 Å². The summed E-state index contributed by atoms with van der Waals surface area (Å²) in [6, 6.07) is 2.57. The summed E-state index contributed by atoms with van der Waals surface area (Å²) in [5, 5.41) is 9.38. The molecule has 0 aliphatic rings. The molecule has 0 heterocycles. The zero-order valence-electron chi connectivity index (χ0n) is 11.1. The van der Waals surface area contributed by atoms with Crippen molar-refractivity contribution in [3.05, 3.63) is 28.2 Å². The van der Waals surface area contributed by atoms with Crippen LogP contribution in [0.2, 0.25) is 10.0 Å². The minimum Gasteiger partial charge on any atom is -0.480 e. The van der Waals surface area contributed by atoms with Gasteiger partial charge in [-0.05, 0) is 37.6 Å². The first-order chi connectivity index (χ1) is 9.76. The first-order valence-electron chi connectivity index (χ1n) is 6.17. The molecule has 1 atom stereocenters. The van der Waals surface area contributed by atoms with Crippen LogP contribution in [-0.2, 0) is 14.8 Å². The van der Waals surface area contributed by atoms with Crippen molar-refractivity contribution in [1.29, 1.82) is 0 Å². The number of carboxylic acid groups (broad SMARTS) is 1. The van der Waals surface area contributed by atoms with Crippen molar-refractivity contribution < 1.29 is 18.3 Å². The summed E-state index contributed by atoms with van der Waals surface area (Å²) >= 11 is 11.5. The van der Waals surface area contributed by atoms with E-state index in [-0.39, 0.29) is 21.4 Å². The summed E-state index contributed by atoms with van der Waals surface area (Å²) < 4.78 is 26.5. The van der Waals surface area contributed by atoms with Crippen molar-refractivity contribution in [2.45, 2.75) is 30.2 Å². The Balaban J connectivity index is 2.92. The van der Waals surface area contributed by atoms with Crippen LogP contribution in [0, 0.1) is 0 Å². The van der Waals surface area contributed by atoms with Gasteiger partial charge in [0.05, 0.1) is 4.90 Å². The highest BCUT2D eigenvalue weighted by Crippen LogP contribution is 2.22. The number of hydrogen-bond acceptors (Lipinski definition) is 4. The molecule has 6 nitrogen and oxygen atoms in total. The number of halogens is 2. The topological polar surface area (TPSA) is 109 Å². The molecule has 21 heavy (non-hydrogen) atoms. The first kappa shape index (κ1) is 18.2. The van der Waals surface area contributed by atoms with Crippen LogP contribution in [0.25, 0.3) is 0 Å². The van der Waals surface area contributed by atoms with Gasteiger partial charge >= 0.3 is 5.97 Å². The number of aliphatic carboxylic acids is 1. The molecule has 1 rings (SSSR count). The van der Waals surface area contributed by atoms with Gasteiger partial charge in [-0.3, -0.25) is 4.79 Å². The fourth-order valence-electron chi connectivity index (χ4n) is 1.66. The van der Waals surface area contributed by atoms with E-state index in [0.29, 0.717) is 19.4 Å². The van der Waals surface area contributed by atoms with Crippen LogP contribution >= 0.6 is 23.2 Å². The second-order valence-corrected chi connectivity index (χ2v) is 6.99. The van der Waals surface area contributed by atoms with Gasteiger partial charge in [-0.15, -0.1) is 0 Å². The smallest absolute Gasteiger partial charge is 0.321 e. The second-order valence-electron chi connectivity index (χ2n) is 4.40.